The van der Waals surface area contributed by atoms with Gasteiger partial charge in [0.1, 0.15) is 11.4 Å². The topological polar surface area (TPSA) is 72.0 Å². The number of hydrogen-bond acceptors (Lipinski definition) is 2. The molecule has 0 radical (unpaired) electrons. The van der Waals surface area contributed by atoms with Gasteiger partial charge in [-0.3, -0.25) is 0 Å². The standard InChI is InChI=1S/C16H11ClF3N.C9H5BrF3N.C7H8BClO2/c1-9-2-4-12(13(17)6-9)10-3-5-14-11(7-10)8-15(21-14)16(18,19)20;10-6-1-2-7-5(3-6)4-8(14-7)9(11,12)13;1-5-2-3-6(8(10)11)7(9)4-5/h2-8,21H,1H3;1-4,14H;2-4,10-11H,1H3. The molecular weight excluding hydrogens is 720 g/mol. The van der Waals surface area contributed by atoms with Crippen molar-refractivity contribution in [2.75, 3.05) is 0 Å². The van der Waals surface area contributed by atoms with Crippen LogP contribution in [0.2, 0.25) is 10.0 Å². The first-order valence-corrected chi connectivity index (χ1v) is 14.9. The summed E-state index contributed by atoms with van der Waals surface area (Å²) in [7, 11) is -1.48. The Bertz CT molecular complexity index is 1990. The summed E-state index contributed by atoms with van der Waals surface area (Å²) in [6.07, 6.45) is -8.69. The zero-order valence-electron chi connectivity index (χ0n) is 24.0. The highest BCUT2D eigenvalue weighted by molar-refractivity contribution is 9.10. The molecule has 4 N–H and O–H groups in total. The average molecular weight is 744 g/mol. The second-order valence-electron chi connectivity index (χ2n) is 10.3. The molecule has 0 spiro atoms. The van der Waals surface area contributed by atoms with Crippen molar-refractivity contribution in [1.82, 2.24) is 9.97 Å². The number of H-pyrrole nitrogens is 2. The van der Waals surface area contributed by atoms with Gasteiger partial charge in [-0.1, -0.05) is 69.5 Å². The molecule has 0 saturated carbocycles. The van der Waals surface area contributed by atoms with E-state index in [9.17, 15) is 26.3 Å². The van der Waals surface area contributed by atoms with E-state index >= 15 is 0 Å². The van der Waals surface area contributed by atoms with Crippen molar-refractivity contribution in [3.8, 4) is 11.1 Å². The van der Waals surface area contributed by atoms with Crippen LogP contribution >= 0.6 is 39.1 Å². The van der Waals surface area contributed by atoms with E-state index in [1.807, 2.05) is 32.0 Å². The number of rotatable bonds is 2. The fourth-order valence-electron chi connectivity index (χ4n) is 4.40. The zero-order valence-corrected chi connectivity index (χ0v) is 27.1. The molecular formula is C32H24BBrCl2F6N2O2. The van der Waals surface area contributed by atoms with Gasteiger partial charge in [-0.15, -0.1) is 0 Å². The second kappa shape index (κ2) is 14.1. The molecule has 0 fully saturated rings. The maximum Gasteiger partial charge on any atom is 0.489 e. The van der Waals surface area contributed by atoms with E-state index in [4.69, 9.17) is 33.2 Å². The number of fused-ring (bicyclic) bond motifs is 2. The summed E-state index contributed by atoms with van der Waals surface area (Å²) in [4.78, 5) is 4.70. The van der Waals surface area contributed by atoms with Crippen LogP contribution in [0.25, 0.3) is 32.9 Å². The van der Waals surface area contributed by atoms with Gasteiger partial charge in [0.2, 0.25) is 0 Å². The molecule has 0 aliphatic heterocycles. The number of hydrogen-bond donors (Lipinski definition) is 4. The fourth-order valence-corrected chi connectivity index (χ4v) is 5.46. The minimum Gasteiger partial charge on any atom is -0.423 e. The van der Waals surface area contributed by atoms with Crippen LogP contribution in [0.5, 0.6) is 0 Å². The summed E-state index contributed by atoms with van der Waals surface area (Å²) in [6, 6.07) is 22.9. The molecule has 0 bridgehead atoms. The first-order chi connectivity index (χ1) is 21.4. The molecule has 4 aromatic carbocycles. The van der Waals surface area contributed by atoms with E-state index in [1.54, 1.807) is 54.6 Å². The summed E-state index contributed by atoms with van der Waals surface area (Å²) in [5.41, 5.74) is 3.45. The van der Waals surface area contributed by atoms with E-state index in [0.29, 0.717) is 37.3 Å². The van der Waals surface area contributed by atoms with Crippen molar-refractivity contribution in [2.45, 2.75) is 26.2 Å². The van der Waals surface area contributed by atoms with Gasteiger partial charge in [-0.25, -0.2) is 0 Å². The Morgan fingerprint density at radius 2 is 1.13 bits per heavy atom. The van der Waals surface area contributed by atoms with Gasteiger partial charge in [0, 0.05) is 47.4 Å². The zero-order chi connectivity index (χ0) is 34.0. The number of nitrogens with one attached hydrogen (secondary N) is 2. The lowest BCUT2D eigenvalue weighted by Crippen LogP contribution is -2.30. The highest BCUT2D eigenvalue weighted by atomic mass is 79.9. The Hall–Kier alpha value is -3.42. The monoisotopic (exact) mass is 742 g/mol. The maximum atomic E-state index is 12.7. The van der Waals surface area contributed by atoms with Crippen molar-refractivity contribution in [3.63, 3.8) is 0 Å². The highest BCUT2D eigenvalue weighted by Gasteiger charge is 2.33. The number of benzene rings is 4. The van der Waals surface area contributed by atoms with Crippen LogP contribution in [0, 0.1) is 13.8 Å². The third kappa shape index (κ3) is 8.89. The van der Waals surface area contributed by atoms with Gasteiger partial charge >= 0.3 is 19.5 Å². The molecule has 6 aromatic rings. The summed E-state index contributed by atoms with van der Waals surface area (Å²) in [5, 5.41) is 19.6. The van der Waals surface area contributed by atoms with Gasteiger partial charge in [-0.05, 0) is 85.1 Å². The molecule has 0 aliphatic carbocycles. The Labute approximate surface area is 278 Å². The minimum atomic E-state index is -4.37. The predicted octanol–water partition coefficient (Wildman–Crippen LogP) is 10.1. The molecule has 14 heteroatoms. The summed E-state index contributed by atoms with van der Waals surface area (Å²) in [5.74, 6) is 0. The molecule has 240 valence electrons. The average Bonchev–Trinajstić information content (AvgIpc) is 3.58. The van der Waals surface area contributed by atoms with Crippen molar-refractivity contribution in [1.29, 1.82) is 0 Å². The number of aromatic nitrogens is 2. The van der Waals surface area contributed by atoms with E-state index < -0.39 is 30.9 Å². The number of aryl methyl sites for hydroxylation is 2. The quantitative estimate of drug-likeness (QED) is 0.105. The molecule has 4 nitrogen and oxygen atoms in total. The summed E-state index contributed by atoms with van der Waals surface area (Å²) < 4.78 is 75.7. The van der Waals surface area contributed by atoms with Gasteiger partial charge in [-0.2, -0.15) is 26.3 Å². The first-order valence-electron chi connectivity index (χ1n) is 13.4. The molecule has 6 rings (SSSR count). The Balaban J connectivity index is 0.000000167. The first kappa shape index (κ1) is 35.4. The van der Waals surface area contributed by atoms with E-state index in [1.165, 1.54) is 0 Å². The Morgan fingerprint density at radius 1 is 0.630 bits per heavy atom. The smallest absolute Gasteiger partial charge is 0.423 e. The van der Waals surface area contributed by atoms with Crippen LogP contribution in [0.15, 0.2) is 89.4 Å². The van der Waals surface area contributed by atoms with Gasteiger partial charge in [0.15, 0.2) is 0 Å². The lowest BCUT2D eigenvalue weighted by atomic mass is 9.80. The maximum absolute atomic E-state index is 12.7. The largest absolute Gasteiger partial charge is 0.489 e. The highest BCUT2D eigenvalue weighted by Crippen LogP contribution is 2.35. The van der Waals surface area contributed by atoms with Gasteiger partial charge in [0.05, 0.1) is 0 Å². The van der Waals surface area contributed by atoms with Crippen LogP contribution < -0.4 is 5.46 Å². The lowest BCUT2D eigenvalue weighted by molar-refractivity contribution is -0.141. The van der Waals surface area contributed by atoms with E-state index in [0.717, 1.165) is 38.9 Å². The molecule has 2 aromatic heterocycles. The van der Waals surface area contributed by atoms with Crippen molar-refractivity contribution in [3.05, 3.63) is 122 Å². The normalized spacial score (nSPS) is 11.6. The van der Waals surface area contributed by atoms with E-state index in [-0.39, 0.29) is 0 Å². The van der Waals surface area contributed by atoms with Crippen molar-refractivity contribution >= 4 is 73.5 Å². The van der Waals surface area contributed by atoms with Crippen LogP contribution in [0.3, 0.4) is 0 Å². The Morgan fingerprint density at radius 3 is 1.63 bits per heavy atom. The lowest BCUT2D eigenvalue weighted by Gasteiger charge is -2.05. The number of halogens is 9. The molecule has 0 amide bonds. The predicted molar refractivity (Wildman–Crippen MR) is 175 cm³/mol. The van der Waals surface area contributed by atoms with Gasteiger partial charge < -0.3 is 20.0 Å². The van der Waals surface area contributed by atoms with E-state index in [2.05, 4.69) is 25.9 Å². The number of aromatic amines is 2. The van der Waals surface area contributed by atoms with Crippen molar-refractivity contribution in [2.24, 2.45) is 0 Å². The minimum absolute atomic E-state index is 0.345. The van der Waals surface area contributed by atoms with Crippen LogP contribution in [0.1, 0.15) is 22.5 Å². The van der Waals surface area contributed by atoms with Gasteiger partial charge in [0.25, 0.3) is 0 Å². The van der Waals surface area contributed by atoms with Crippen LogP contribution in [0.4, 0.5) is 26.3 Å². The molecule has 2 heterocycles. The molecule has 0 unspecified atom stereocenters. The summed E-state index contributed by atoms with van der Waals surface area (Å²) in [6.45, 7) is 3.82. The summed E-state index contributed by atoms with van der Waals surface area (Å²) >= 11 is 15.1. The molecule has 46 heavy (non-hydrogen) atoms. The molecule has 0 atom stereocenters. The SMILES string of the molecule is Cc1ccc(-c2ccc3[nH]c(C(F)(F)F)cc3c2)c(Cl)c1.Cc1ccc(B(O)O)c(Cl)c1.FC(F)(F)c1cc2cc(Br)ccc2[nH]1. The molecule has 0 aliphatic rings. The third-order valence-electron chi connectivity index (χ3n) is 6.68. The van der Waals surface area contributed by atoms with Crippen LogP contribution in [-0.4, -0.2) is 27.1 Å². The van der Waals surface area contributed by atoms with Crippen LogP contribution in [-0.2, 0) is 12.4 Å². The number of alkyl halides is 6. The fraction of sp³-hybridized carbons (Fsp3) is 0.125. The second-order valence-corrected chi connectivity index (χ2v) is 12.0. The molecule has 0 saturated heterocycles. The van der Waals surface area contributed by atoms with Crippen molar-refractivity contribution < 1.29 is 36.4 Å². The third-order valence-corrected chi connectivity index (χ3v) is 7.82. The Kier molecular flexibility index (Phi) is 10.9.